The van der Waals surface area contributed by atoms with Crippen molar-refractivity contribution >= 4 is 17.9 Å². The van der Waals surface area contributed by atoms with Crippen molar-refractivity contribution in [3.8, 4) is 143 Å². The number of aromatic nitrogens is 9. The van der Waals surface area contributed by atoms with Gasteiger partial charge in [-0.25, -0.2) is 59.2 Å². The third kappa shape index (κ3) is 29.0. The van der Waals surface area contributed by atoms with Crippen molar-refractivity contribution in [2.45, 2.75) is 191 Å². The molecule has 127 heavy (non-hydrogen) atoms. The highest BCUT2D eigenvalue weighted by Crippen LogP contribution is 2.39. The minimum absolute atomic E-state index is 0.0116. The van der Waals surface area contributed by atoms with Crippen LogP contribution in [0, 0.1) is 35.5 Å². The van der Waals surface area contributed by atoms with Gasteiger partial charge in [-0.3, -0.25) is 0 Å². The van der Waals surface area contributed by atoms with Gasteiger partial charge in [0.25, 0.3) is 0 Å². The number of carbonyl (C=O) groups excluding carboxylic acids is 3. The fourth-order valence-corrected chi connectivity index (χ4v) is 15.0. The molecule has 0 saturated carbocycles. The summed E-state index contributed by atoms with van der Waals surface area (Å²) >= 11 is 0. The van der Waals surface area contributed by atoms with E-state index in [1.165, 1.54) is 116 Å². The summed E-state index contributed by atoms with van der Waals surface area (Å²) in [5, 5.41) is 63.0. The lowest BCUT2D eigenvalue weighted by Gasteiger charge is -2.25. The van der Waals surface area contributed by atoms with Crippen molar-refractivity contribution in [1.82, 2.24) is 44.9 Å². The van der Waals surface area contributed by atoms with E-state index in [2.05, 4.69) is 100 Å². The quantitative estimate of drug-likeness (QED) is 0.0118. The maximum absolute atomic E-state index is 13.3. The number of esters is 3. The SMILES string of the molecule is CC(C)CCCC(C)CCC(COC(=O)c1ccc(-c2nc(-c3ccccc3O)nc(-c3ccccc3O)n2)cc1)C(C)CCCC(C)C.CCCCCCCC(CCCCCCC)COC(=O)c1ccc(-c2nc(-c3ccccc3O)nc(-c3ccccc3O)n2)cc1.CCOc1ccc(-c2nc(-c3ccc(C(=O)OC)cc3)nc(-c3ccccc3O)n2)c(O)c1. The van der Waals surface area contributed by atoms with E-state index in [-0.39, 0.29) is 81.4 Å². The number of rotatable bonds is 42. The molecule has 22 heteroatoms. The average molecular weight is 1720 g/mol. The zero-order chi connectivity index (χ0) is 90.6. The van der Waals surface area contributed by atoms with Gasteiger partial charge in [-0.05, 0) is 171 Å². The van der Waals surface area contributed by atoms with Gasteiger partial charge in [-0.15, -0.1) is 0 Å². The van der Waals surface area contributed by atoms with Crippen LogP contribution in [0.4, 0.5) is 0 Å². The van der Waals surface area contributed by atoms with E-state index in [1.54, 1.807) is 200 Å². The van der Waals surface area contributed by atoms with Crippen LogP contribution in [0.3, 0.4) is 0 Å². The van der Waals surface area contributed by atoms with E-state index < -0.39 is 5.97 Å². The first kappa shape index (κ1) is 96.2. The summed E-state index contributed by atoms with van der Waals surface area (Å²) in [6.45, 7) is 21.5. The zero-order valence-corrected chi connectivity index (χ0v) is 75.0. The Morgan fingerprint density at radius 3 is 0.961 bits per heavy atom. The summed E-state index contributed by atoms with van der Waals surface area (Å²) in [4.78, 5) is 79.4. The van der Waals surface area contributed by atoms with Crippen molar-refractivity contribution in [3.63, 3.8) is 0 Å². The molecule has 0 aliphatic carbocycles. The number of hydrogen-bond donors (Lipinski definition) is 6. The number of phenolic OH excluding ortho intramolecular Hbond substituents is 6. The number of benzene rings is 9. The zero-order valence-electron chi connectivity index (χ0n) is 75.0. The van der Waals surface area contributed by atoms with Crippen molar-refractivity contribution in [1.29, 1.82) is 0 Å². The minimum atomic E-state index is -0.452. The van der Waals surface area contributed by atoms with Gasteiger partial charge in [0, 0.05) is 22.8 Å². The standard InChI is InChI=1S/C42H55N3O4.C38H47N3O4.C25H21N3O5/c1-28(2)13-11-15-30(5)21-22-34(31(6)16-12-14-29(3)4)27-49-42(48)33-25-23-32(24-26-33)39-43-40(35-17-7-9-19-37(35)46)45-41(44-39)36-18-8-10-20-38(36)47;1-3-5-7-9-11-17-28(18-12-10-8-6-4-2)27-45-38(44)30-25-23-29(24-26-30)35-39-36(31-19-13-15-21-33(31)42)41-37(40-35)32-20-14-16-22-34(32)43;1-3-33-17-12-13-19(21(30)14-17)24-27-22(15-8-10-16(11-9-15)25(31)32-2)26-23(28-24)18-6-4-5-7-20(18)29/h7-10,17-20,23-26,28-31,34,46-47H,11-16,21-22,27H2,1-6H3;13-16,19-26,28,42-43H,3-12,17-18,27H2,1-2H3;4-14,29-30H,3H2,1-2H3. The summed E-state index contributed by atoms with van der Waals surface area (Å²) in [5.74, 6) is 5.37. The van der Waals surface area contributed by atoms with E-state index in [0.29, 0.717) is 139 Å². The first-order chi connectivity index (χ1) is 61.5. The molecule has 666 valence electrons. The molecule has 0 saturated heterocycles. The smallest absolute Gasteiger partial charge is 0.338 e. The molecule has 0 aliphatic rings. The van der Waals surface area contributed by atoms with E-state index in [0.717, 1.165) is 38.0 Å². The predicted octanol–water partition coefficient (Wildman–Crippen LogP) is 25.0. The Hall–Kier alpha value is -13.0. The Labute approximate surface area is 747 Å². The maximum Gasteiger partial charge on any atom is 0.338 e. The summed E-state index contributed by atoms with van der Waals surface area (Å²) < 4.78 is 22.0. The van der Waals surface area contributed by atoms with Gasteiger partial charge in [0.2, 0.25) is 0 Å². The number of hydrogen-bond acceptors (Lipinski definition) is 22. The average Bonchev–Trinajstić information content (AvgIpc) is 0.798. The van der Waals surface area contributed by atoms with Gasteiger partial charge < -0.3 is 49.6 Å². The van der Waals surface area contributed by atoms with Crippen molar-refractivity contribution in [2.75, 3.05) is 26.9 Å². The monoisotopic (exact) mass is 1720 g/mol. The normalized spacial score (nSPS) is 11.9. The van der Waals surface area contributed by atoms with Crippen molar-refractivity contribution in [2.24, 2.45) is 35.5 Å². The Morgan fingerprint density at radius 1 is 0.307 bits per heavy atom. The molecule has 9 aromatic carbocycles. The molecular weight excluding hydrogens is 1600 g/mol. The molecule has 0 radical (unpaired) electrons. The number of para-hydroxylation sites is 5. The molecule has 22 nitrogen and oxygen atoms in total. The number of carbonyl (C=O) groups is 3. The Morgan fingerprint density at radius 2 is 0.630 bits per heavy atom. The second-order valence-corrected chi connectivity index (χ2v) is 33.4. The lowest BCUT2D eigenvalue weighted by molar-refractivity contribution is 0.0373. The van der Waals surface area contributed by atoms with Crippen LogP contribution in [-0.4, -0.2) is 120 Å². The first-order valence-electron chi connectivity index (χ1n) is 44.9. The molecule has 0 bridgehead atoms. The van der Waals surface area contributed by atoms with E-state index in [9.17, 15) is 45.0 Å². The third-order valence-corrected chi connectivity index (χ3v) is 22.5. The molecule has 0 spiro atoms. The summed E-state index contributed by atoms with van der Waals surface area (Å²) in [6, 6.07) is 59.5. The number of ether oxygens (including phenoxy) is 4. The van der Waals surface area contributed by atoms with E-state index in [1.807, 2.05) is 6.92 Å². The lowest BCUT2D eigenvalue weighted by Crippen LogP contribution is -2.21. The van der Waals surface area contributed by atoms with Gasteiger partial charge in [-0.2, -0.15) is 0 Å². The molecule has 0 fully saturated rings. The number of unbranched alkanes of at least 4 members (excludes halogenated alkanes) is 8. The number of aromatic hydroxyl groups is 6. The second kappa shape index (κ2) is 49.6. The highest BCUT2D eigenvalue weighted by atomic mass is 16.5. The molecule has 12 aromatic rings. The van der Waals surface area contributed by atoms with Crippen LogP contribution in [-0.2, 0) is 14.2 Å². The fraction of sp³-hybridized carbons (Fsp3) is 0.371. The fourth-order valence-electron chi connectivity index (χ4n) is 15.0. The van der Waals surface area contributed by atoms with Crippen LogP contribution < -0.4 is 4.74 Å². The highest BCUT2D eigenvalue weighted by molar-refractivity contribution is 5.91. The van der Waals surface area contributed by atoms with Gasteiger partial charge in [0.05, 0.1) is 77.0 Å². The van der Waals surface area contributed by atoms with Crippen LogP contribution >= 0.6 is 0 Å². The van der Waals surface area contributed by atoms with E-state index in [4.69, 9.17) is 18.9 Å². The summed E-state index contributed by atoms with van der Waals surface area (Å²) in [7, 11) is 1.32. The highest BCUT2D eigenvalue weighted by Gasteiger charge is 2.26. The topological polar surface area (TPSA) is 326 Å². The van der Waals surface area contributed by atoms with Crippen LogP contribution in [0.1, 0.15) is 222 Å². The molecular formula is C105H123N9O13. The van der Waals surface area contributed by atoms with Gasteiger partial charge in [0.15, 0.2) is 52.4 Å². The van der Waals surface area contributed by atoms with Gasteiger partial charge in [0.1, 0.15) is 40.2 Å². The molecule has 0 amide bonds. The second-order valence-electron chi connectivity index (χ2n) is 33.4. The number of phenols is 6. The van der Waals surface area contributed by atoms with E-state index >= 15 is 0 Å². The number of methoxy groups -OCH3 is 1. The van der Waals surface area contributed by atoms with Gasteiger partial charge >= 0.3 is 17.9 Å². The van der Waals surface area contributed by atoms with Crippen LogP contribution in [0.15, 0.2) is 212 Å². The van der Waals surface area contributed by atoms with Crippen LogP contribution in [0.5, 0.6) is 40.2 Å². The van der Waals surface area contributed by atoms with Crippen molar-refractivity contribution < 1.29 is 64.0 Å². The first-order valence-corrected chi connectivity index (χ1v) is 44.9. The molecule has 0 aliphatic heterocycles. The lowest BCUT2D eigenvalue weighted by atomic mass is 9.83. The largest absolute Gasteiger partial charge is 0.507 e. The molecule has 3 aromatic heterocycles. The number of nitrogens with zero attached hydrogens (tertiary/aromatic N) is 9. The molecule has 6 N–H and O–H groups in total. The predicted molar refractivity (Wildman–Crippen MR) is 500 cm³/mol. The third-order valence-electron chi connectivity index (χ3n) is 22.5. The minimum Gasteiger partial charge on any atom is -0.507 e. The Kier molecular flexibility index (Phi) is 37.6. The van der Waals surface area contributed by atoms with Gasteiger partial charge in [-0.1, -0.05) is 262 Å². The van der Waals surface area contributed by atoms with Crippen molar-refractivity contribution in [3.05, 3.63) is 229 Å². The summed E-state index contributed by atoms with van der Waals surface area (Å²) in [5.41, 5.74) is 5.86. The Balaban J connectivity index is 0.000000202. The van der Waals surface area contributed by atoms with Crippen LogP contribution in [0.25, 0.3) is 102 Å². The molecule has 3 atom stereocenters. The Bertz CT molecular complexity index is 5340. The summed E-state index contributed by atoms with van der Waals surface area (Å²) in [6.07, 6.45) is 24.2. The molecule has 3 unspecified atom stereocenters. The molecule has 12 rings (SSSR count). The molecule has 3 heterocycles. The van der Waals surface area contributed by atoms with Crippen LogP contribution in [0.2, 0.25) is 0 Å². The maximum atomic E-state index is 13.3.